The van der Waals surface area contributed by atoms with Gasteiger partial charge >= 0.3 is 0 Å². The summed E-state index contributed by atoms with van der Waals surface area (Å²) in [6, 6.07) is 92.8. The number of fused-ring (bicyclic) bond motifs is 11. The summed E-state index contributed by atoms with van der Waals surface area (Å²) in [5, 5.41) is 6.65. The molecule has 0 saturated carbocycles. The summed E-state index contributed by atoms with van der Waals surface area (Å²) in [7, 11) is 0. The van der Waals surface area contributed by atoms with Crippen LogP contribution in [0.3, 0.4) is 0 Å². The first-order valence-corrected chi connectivity index (χ1v) is 27.7. The van der Waals surface area contributed by atoms with Crippen LogP contribution in [0.2, 0.25) is 0 Å². The Kier molecular flexibility index (Phi) is 10.9. The lowest BCUT2D eigenvalue weighted by Gasteiger charge is -2.23. The van der Waals surface area contributed by atoms with Crippen molar-refractivity contribution in [2.45, 2.75) is 12.3 Å². The number of rotatable bonds is 9. The van der Waals surface area contributed by atoms with Crippen molar-refractivity contribution >= 4 is 71.1 Å². The van der Waals surface area contributed by atoms with Crippen LogP contribution in [0.4, 0.5) is 0 Å². The molecule has 1 aliphatic rings. The Balaban J connectivity index is 1.00. The lowest BCUT2D eigenvalue weighted by molar-refractivity contribution is 0.675. The molecule has 6 nitrogen and oxygen atoms in total. The maximum atomic E-state index is 7.49. The molecule has 81 heavy (non-hydrogen) atoms. The Morgan fingerprint density at radius 3 is 1.53 bits per heavy atom. The van der Waals surface area contributed by atoms with Crippen LogP contribution in [0.1, 0.15) is 23.5 Å². The van der Waals surface area contributed by atoms with Gasteiger partial charge in [-0.3, -0.25) is 0 Å². The molecule has 11 aromatic carbocycles. The van der Waals surface area contributed by atoms with Crippen LogP contribution >= 0.6 is 0 Å². The summed E-state index contributed by atoms with van der Waals surface area (Å²) in [5.74, 6) is 2.05. The van der Waals surface area contributed by atoms with Gasteiger partial charge in [0.15, 0.2) is 23.1 Å². The highest BCUT2D eigenvalue weighted by atomic mass is 16.3. The first-order valence-electron chi connectivity index (χ1n) is 27.7. The average molecular weight is 1040 g/mol. The van der Waals surface area contributed by atoms with Crippen molar-refractivity contribution in [1.29, 1.82) is 0 Å². The predicted octanol–water partition coefficient (Wildman–Crippen LogP) is 19.4. The molecule has 1 atom stereocenters. The number of para-hydroxylation sites is 3. The van der Waals surface area contributed by atoms with Crippen LogP contribution in [-0.4, -0.2) is 24.1 Å². The summed E-state index contributed by atoms with van der Waals surface area (Å²) in [4.78, 5) is 15.8. The lowest BCUT2D eigenvalue weighted by atomic mass is 9.85. The standard InChI is InChI=1S/C75H49N5O/c1-6-20-48(21-7-1)50-34-38-52(39-35-50)63-46-56(75-77-73(54-24-10-3-11-25-54)76-74(78-75)55-26-12-4-13-27-55)47-64(53-40-36-51(37-41-53)49-22-8-2-9-23-49)69(63)80-66-33-19-17-31-62(66)68-67(80)45-44-60-61-43-42-59-58-30-16-18-32-65(58)79(57-28-14-5-15-29-57)70(59)72(61)81-71(60)68/h1-36,38-47,51H,37H2. The number of allylic oxidation sites excluding steroid dienone is 4. The van der Waals surface area contributed by atoms with E-state index in [1.54, 1.807) is 0 Å². The Hall–Kier alpha value is -10.7. The highest BCUT2D eigenvalue weighted by molar-refractivity contribution is 6.28. The normalized spacial score (nSPS) is 13.5. The Morgan fingerprint density at radius 1 is 0.370 bits per heavy atom. The van der Waals surface area contributed by atoms with Gasteiger partial charge in [0.2, 0.25) is 0 Å². The maximum Gasteiger partial charge on any atom is 0.164 e. The largest absolute Gasteiger partial charge is 0.453 e. The second kappa shape index (κ2) is 19.0. The molecule has 0 aliphatic heterocycles. The molecule has 4 heterocycles. The first kappa shape index (κ1) is 46.4. The molecule has 6 heteroatoms. The van der Waals surface area contributed by atoms with E-state index >= 15 is 0 Å². The van der Waals surface area contributed by atoms with E-state index in [0.717, 1.165) is 128 Å². The van der Waals surface area contributed by atoms with Gasteiger partial charge in [0.05, 0.1) is 33.1 Å². The molecule has 0 bridgehead atoms. The van der Waals surface area contributed by atoms with E-state index in [4.69, 9.17) is 19.4 Å². The van der Waals surface area contributed by atoms with Crippen molar-refractivity contribution in [3.8, 4) is 67.8 Å². The second-order valence-electron chi connectivity index (χ2n) is 21.0. The molecular formula is C75H49N5O. The number of hydrogen-bond acceptors (Lipinski definition) is 4. The van der Waals surface area contributed by atoms with Crippen LogP contribution in [0.5, 0.6) is 0 Å². The van der Waals surface area contributed by atoms with Gasteiger partial charge in [-0.15, -0.1) is 0 Å². The third-order valence-corrected chi connectivity index (χ3v) is 16.3. The number of hydrogen-bond donors (Lipinski definition) is 0. The van der Waals surface area contributed by atoms with E-state index < -0.39 is 0 Å². The molecule has 380 valence electrons. The van der Waals surface area contributed by atoms with Gasteiger partial charge in [-0.05, 0) is 88.8 Å². The van der Waals surface area contributed by atoms with E-state index in [0.29, 0.717) is 17.5 Å². The van der Waals surface area contributed by atoms with Gasteiger partial charge in [-0.1, -0.05) is 224 Å². The monoisotopic (exact) mass is 1040 g/mol. The zero-order chi connectivity index (χ0) is 53.4. The fraction of sp³-hybridized carbons (Fsp3) is 0.0267. The quantitative estimate of drug-likeness (QED) is 0.145. The Bertz CT molecular complexity index is 4920. The smallest absolute Gasteiger partial charge is 0.164 e. The minimum absolute atomic E-state index is 0.235. The molecule has 1 aliphatic carbocycles. The van der Waals surface area contributed by atoms with Gasteiger partial charge < -0.3 is 13.6 Å². The predicted molar refractivity (Wildman–Crippen MR) is 334 cm³/mol. The molecule has 0 saturated heterocycles. The van der Waals surface area contributed by atoms with Crippen molar-refractivity contribution in [2.75, 3.05) is 0 Å². The summed E-state index contributed by atoms with van der Waals surface area (Å²) in [6.07, 6.45) is 7.96. The molecule has 0 fully saturated rings. The molecule has 0 N–H and O–H groups in total. The van der Waals surface area contributed by atoms with Crippen molar-refractivity contribution in [2.24, 2.45) is 0 Å². The van der Waals surface area contributed by atoms with Crippen LogP contribution in [0, 0.1) is 0 Å². The number of furan rings is 1. The summed E-state index contributed by atoms with van der Waals surface area (Å²) < 4.78 is 12.3. The van der Waals surface area contributed by atoms with Crippen LogP contribution in [-0.2, 0) is 0 Å². The van der Waals surface area contributed by atoms with E-state index in [1.807, 2.05) is 36.4 Å². The van der Waals surface area contributed by atoms with E-state index in [1.165, 1.54) is 10.9 Å². The zero-order valence-electron chi connectivity index (χ0n) is 44.0. The molecule has 1 unspecified atom stereocenters. The van der Waals surface area contributed by atoms with Gasteiger partial charge in [-0.2, -0.15) is 0 Å². The van der Waals surface area contributed by atoms with Crippen molar-refractivity contribution < 1.29 is 4.42 Å². The van der Waals surface area contributed by atoms with Crippen molar-refractivity contribution in [3.05, 3.63) is 290 Å². The minimum atomic E-state index is 0.235. The van der Waals surface area contributed by atoms with E-state index in [2.05, 4.69) is 252 Å². The molecule has 15 aromatic rings. The minimum Gasteiger partial charge on any atom is -0.453 e. The van der Waals surface area contributed by atoms with Crippen LogP contribution < -0.4 is 0 Å². The third kappa shape index (κ3) is 7.75. The van der Waals surface area contributed by atoms with Crippen LogP contribution in [0.15, 0.2) is 283 Å². The topological polar surface area (TPSA) is 61.7 Å². The average Bonchev–Trinajstić information content (AvgIpc) is 4.43. The van der Waals surface area contributed by atoms with Crippen molar-refractivity contribution in [3.63, 3.8) is 0 Å². The van der Waals surface area contributed by atoms with Gasteiger partial charge in [0, 0.05) is 66.4 Å². The number of nitrogens with zero attached hydrogens (tertiary/aromatic N) is 5. The molecule has 4 aromatic heterocycles. The number of aromatic nitrogens is 5. The molecule has 16 rings (SSSR count). The third-order valence-electron chi connectivity index (χ3n) is 16.3. The lowest BCUT2D eigenvalue weighted by Crippen LogP contribution is -2.06. The fourth-order valence-electron chi connectivity index (χ4n) is 12.5. The highest BCUT2D eigenvalue weighted by Gasteiger charge is 2.28. The van der Waals surface area contributed by atoms with Crippen molar-refractivity contribution in [1.82, 2.24) is 24.1 Å². The summed E-state index contributed by atoms with van der Waals surface area (Å²) in [5.41, 5.74) is 18.7. The fourth-order valence-corrected chi connectivity index (χ4v) is 12.5. The van der Waals surface area contributed by atoms with Gasteiger partial charge in [0.25, 0.3) is 0 Å². The number of benzene rings is 11. The molecule has 0 amide bonds. The van der Waals surface area contributed by atoms with Gasteiger partial charge in [-0.25, -0.2) is 15.0 Å². The Morgan fingerprint density at radius 2 is 0.877 bits per heavy atom. The SMILES string of the molecule is C1=CC(c2ccccc2)CC=C1c1cc(-c2nc(-c3ccccc3)nc(-c3ccccc3)n2)cc(-c2ccc(-c3ccccc3)cc2)c1-n1c2ccccc2c2c3oc4c(ccc5c6ccccc6n(-c6ccccc6)c54)c3ccc21. The first-order chi connectivity index (χ1) is 40.2. The second-order valence-corrected chi connectivity index (χ2v) is 21.0. The zero-order valence-corrected chi connectivity index (χ0v) is 44.0. The van der Waals surface area contributed by atoms with E-state index in [9.17, 15) is 0 Å². The summed E-state index contributed by atoms with van der Waals surface area (Å²) >= 11 is 0. The van der Waals surface area contributed by atoms with E-state index in [-0.39, 0.29) is 5.92 Å². The molecular weight excluding hydrogens is 987 g/mol. The molecule has 0 spiro atoms. The van der Waals surface area contributed by atoms with Crippen LogP contribution in [0.25, 0.3) is 139 Å². The Labute approximate surface area is 467 Å². The molecule has 0 radical (unpaired) electrons. The highest BCUT2D eigenvalue weighted by Crippen LogP contribution is 2.48. The summed E-state index contributed by atoms with van der Waals surface area (Å²) in [6.45, 7) is 0. The maximum absolute atomic E-state index is 7.49. The van der Waals surface area contributed by atoms with Gasteiger partial charge in [0.1, 0.15) is 5.58 Å².